The van der Waals surface area contributed by atoms with Crippen LogP contribution in [0, 0.1) is 13.8 Å². The Hall–Kier alpha value is -3.45. The van der Waals surface area contributed by atoms with Crippen molar-refractivity contribution in [3.63, 3.8) is 0 Å². The van der Waals surface area contributed by atoms with E-state index < -0.39 is 17.7 Å². The van der Waals surface area contributed by atoms with Gasteiger partial charge in [-0.05, 0) is 44.2 Å². The van der Waals surface area contributed by atoms with Crippen LogP contribution in [0.4, 0.5) is 11.4 Å². The number of imide groups is 1. The first-order valence-electron chi connectivity index (χ1n) is 8.37. The molecule has 1 aliphatic heterocycles. The lowest BCUT2D eigenvalue weighted by Gasteiger charge is -2.16. The number of aromatic nitrogens is 1. The lowest BCUT2D eigenvalue weighted by molar-refractivity contribution is 0.0924. The van der Waals surface area contributed by atoms with Crippen LogP contribution in [0.3, 0.4) is 0 Å². The maximum atomic E-state index is 12.7. The van der Waals surface area contributed by atoms with Gasteiger partial charge in [0, 0.05) is 5.69 Å². The number of nitrogens with one attached hydrogen (secondary N) is 1. The second-order valence-electron chi connectivity index (χ2n) is 6.37. The molecule has 28 heavy (non-hydrogen) atoms. The fourth-order valence-corrected chi connectivity index (χ4v) is 3.32. The zero-order chi connectivity index (χ0) is 20.0. The van der Waals surface area contributed by atoms with Gasteiger partial charge >= 0.3 is 0 Å². The summed E-state index contributed by atoms with van der Waals surface area (Å²) in [5.41, 5.74) is 2.38. The van der Waals surface area contributed by atoms with E-state index in [-0.39, 0.29) is 16.4 Å². The van der Waals surface area contributed by atoms with E-state index in [1.807, 2.05) is 6.92 Å². The maximum Gasteiger partial charge on any atom is 0.277 e. The largest absolute Gasteiger partial charge is 0.448 e. The van der Waals surface area contributed by atoms with Crippen LogP contribution in [0.1, 0.15) is 42.5 Å². The summed E-state index contributed by atoms with van der Waals surface area (Å²) >= 11 is 6.32. The summed E-state index contributed by atoms with van der Waals surface area (Å²) in [5.74, 6) is -0.926. The number of fused-ring (bicyclic) bond motifs is 1. The number of aryl methyl sites for hydroxylation is 2. The van der Waals surface area contributed by atoms with E-state index in [1.165, 1.54) is 18.5 Å². The number of rotatable bonds is 3. The first-order valence-corrected chi connectivity index (χ1v) is 8.75. The van der Waals surface area contributed by atoms with Crippen molar-refractivity contribution in [2.45, 2.75) is 13.8 Å². The van der Waals surface area contributed by atoms with Crippen molar-refractivity contribution < 1.29 is 18.8 Å². The number of hydrogen-bond acceptors (Lipinski definition) is 5. The minimum atomic E-state index is -0.453. The molecule has 0 aliphatic carbocycles. The molecule has 3 amide bonds. The van der Waals surface area contributed by atoms with E-state index in [2.05, 4.69) is 10.3 Å². The van der Waals surface area contributed by atoms with E-state index in [4.69, 9.17) is 16.0 Å². The topological polar surface area (TPSA) is 92.5 Å². The summed E-state index contributed by atoms with van der Waals surface area (Å²) in [7, 11) is 0. The minimum absolute atomic E-state index is 0.154. The molecule has 3 aromatic rings. The molecule has 0 saturated carbocycles. The highest BCUT2D eigenvalue weighted by Gasteiger charge is 2.37. The Bertz CT molecular complexity index is 1150. The molecule has 0 spiro atoms. The van der Waals surface area contributed by atoms with E-state index >= 15 is 0 Å². The van der Waals surface area contributed by atoms with Gasteiger partial charge in [0.1, 0.15) is 5.76 Å². The van der Waals surface area contributed by atoms with Gasteiger partial charge < -0.3 is 9.73 Å². The van der Waals surface area contributed by atoms with Crippen LogP contribution in [-0.4, -0.2) is 22.7 Å². The average Bonchev–Trinajstić information content (AvgIpc) is 3.18. The van der Waals surface area contributed by atoms with Gasteiger partial charge in [-0.3, -0.25) is 14.4 Å². The van der Waals surface area contributed by atoms with Crippen molar-refractivity contribution in [3.8, 4) is 0 Å². The lowest BCUT2D eigenvalue weighted by atomic mass is 10.1. The molecule has 0 unspecified atom stereocenters. The van der Waals surface area contributed by atoms with Crippen LogP contribution in [0.15, 0.2) is 47.2 Å². The monoisotopic (exact) mass is 395 g/mol. The molecule has 4 rings (SSSR count). The fraction of sp³-hybridized carbons (Fsp3) is 0.100. The van der Waals surface area contributed by atoms with Crippen molar-refractivity contribution in [1.29, 1.82) is 0 Å². The number of carbonyl (C=O) groups is 3. The van der Waals surface area contributed by atoms with E-state index in [0.29, 0.717) is 22.6 Å². The zero-order valence-corrected chi connectivity index (χ0v) is 15.7. The minimum Gasteiger partial charge on any atom is -0.448 e. The molecule has 0 bridgehead atoms. The molecule has 1 aliphatic rings. The highest BCUT2D eigenvalue weighted by Crippen LogP contribution is 2.35. The number of amides is 3. The fourth-order valence-electron chi connectivity index (χ4n) is 3.05. The summed E-state index contributed by atoms with van der Waals surface area (Å²) < 4.78 is 5.02. The zero-order valence-electron chi connectivity index (χ0n) is 14.9. The van der Waals surface area contributed by atoms with Crippen LogP contribution >= 0.6 is 11.6 Å². The summed E-state index contributed by atoms with van der Waals surface area (Å²) in [6.07, 6.45) is 1.18. The summed E-state index contributed by atoms with van der Waals surface area (Å²) in [6, 6.07) is 9.63. The van der Waals surface area contributed by atoms with Gasteiger partial charge in [-0.2, -0.15) is 0 Å². The molecule has 1 aromatic heterocycles. The summed E-state index contributed by atoms with van der Waals surface area (Å²) in [4.78, 5) is 42.5. The Morgan fingerprint density at radius 2 is 1.82 bits per heavy atom. The third-order valence-electron chi connectivity index (χ3n) is 4.45. The van der Waals surface area contributed by atoms with Crippen LogP contribution in [0.2, 0.25) is 5.02 Å². The lowest BCUT2D eigenvalue weighted by Crippen LogP contribution is -2.29. The predicted octanol–water partition coefficient (Wildman–Crippen LogP) is 4.00. The predicted molar refractivity (Wildman–Crippen MR) is 103 cm³/mol. The average molecular weight is 396 g/mol. The summed E-state index contributed by atoms with van der Waals surface area (Å²) in [6.45, 7) is 3.48. The van der Waals surface area contributed by atoms with Crippen LogP contribution in [0.5, 0.6) is 0 Å². The molecule has 0 saturated heterocycles. The van der Waals surface area contributed by atoms with Gasteiger partial charge in [0.2, 0.25) is 0 Å². The Morgan fingerprint density at radius 1 is 1.07 bits per heavy atom. The molecule has 2 heterocycles. The van der Waals surface area contributed by atoms with Crippen molar-refractivity contribution in [1.82, 2.24) is 4.98 Å². The quantitative estimate of drug-likeness (QED) is 0.676. The number of oxazole rings is 1. The first-order chi connectivity index (χ1) is 13.4. The first kappa shape index (κ1) is 17.9. The number of hydrogen-bond donors (Lipinski definition) is 1. The Labute approximate surface area is 164 Å². The van der Waals surface area contributed by atoms with Crippen LogP contribution < -0.4 is 10.2 Å². The number of benzene rings is 2. The third kappa shape index (κ3) is 2.86. The molecule has 140 valence electrons. The van der Waals surface area contributed by atoms with E-state index in [9.17, 15) is 14.4 Å². The van der Waals surface area contributed by atoms with E-state index in [1.54, 1.807) is 31.2 Å². The van der Waals surface area contributed by atoms with Crippen LogP contribution in [-0.2, 0) is 0 Å². The maximum absolute atomic E-state index is 12.7. The molecule has 0 atom stereocenters. The molecule has 8 heteroatoms. The van der Waals surface area contributed by atoms with Crippen molar-refractivity contribution in [2.75, 3.05) is 10.2 Å². The normalized spacial score (nSPS) is 13.0. The number of carbonyl (C=O) groups excluding carboxylic acids is 3. The van der Waals surface area contributed by atoms with Gasteiger partial charge in [-0.15, -0.1) is 0 Å². The second kappa shape index (κ2) is 6.61. The summed E-state index contributed by atoms with van der Waals surface area (Å²) in [5, 5.41) is 2.81. The van der Waals surface area contributed by atoms with Crippen LogP contribution in [0.25, 0.3) is 0 Å². The Kier molecular flexibility index (Phi) is 4.24. The molecule has 1 N–H and O–H groups in total. The standard InChI is InChI=1S/C20H14ClN3O4/c1-10-3-5-13-14(7-10)20(27)24(19(13)26)16-6-4-12(8-15(16)21)23-18(25)17-11(2)28-9-22-17/h3-9H,1-2H3,(H,23,25). The molecular formula is C20H14ClN3O4. The van der Waals surface area contributed by atoms with Crippen molar-refractivity contribution >= 4 is 40.7 Å². The number of anilines is 2. The van der Waals surface area contributed by atoms with Crippen molar-refractivity contribution in [3.05, 3.63) is 76.0 Å². The molecule has 0 radical (unpaired) electrons. The van der Waals surface area contributed by atoms with Gasteiger partial charge in [-0.1, -0.05) is 23.2 Å². The smallest absolute Gasteiger partial charge is 0.277 e. The Morgan fingerprint density at radius 3 is 2.50 bits per heavy atom. The molecule has 7 nitrogen and oxygen atoms in total. The highest BCUT2D eigenvalue weighted by atomic mass is 35.5. The molecule has 0 fully saturated rings. The van der Waals surface area contributed by atoms with Crippen molar-refractivity contribution in [2.24, 2.45) is 0 Å². The molecule has 2 aromatic carbocycles. The SMILES string of the molecule is Cc1ccc2c(c1)C(=O)N(c1ccc(NC(=O)c3ncoc3C)cc1Cl)C2=O. The third-order valence-corrected chi connectivity index (χ3v) is 4.75. The van der Waals surface area contributed by atoms with Gasteiger partial charge in [0.25, 0.3) is 17.7 Å². The molecular weight excluding hydrogens is 382 g/mol. The van der Waals surface area contributed by atoms with Gasteiger partial charge in [-0.25, -0.2) is 9.88 Å². The number of nitrogens with zero attached hydrogens (tertiary/aromatic N) is 2. The Balaban J connectivity index is 1.62. The van der Waals surface area contributed by atoms with Gasteiger partial charge in [0.15, 0.2) is 12.1 Å². The van der Waals surface area contributed by atoms with E-state index in [0.717, 1.165) is 10.5 Å². The number of halogens is 1. The highest BCUT2D eigenvalue weighted by molar-refractivity contribution is 6.40. The second-order valence-corrected chi connectivity index (χ2v) is 6.78. The van der Waals surface area contributed by atoms with Gasteiger partial charge in [0.05, 0.1) is 21.8 Å².